The van der Waals surface area contributed by atoms with Crippen LogP contribution in [0.2, 0.25) is 0 Å². The number of aliphatic hydroxyl groups is 1. The van der Waals surface area contributed by atoms with Crippen molar-refractivity contribution in [3.63, 3.8) is 0 Å². The lowest BCUT2D eigenvalue weighted by Crippen LogP contribution is -2.41. The Morgan fingerprint density at radius 1 is 1.43 bits per heavy atom. The van der Waals surface area contributed by atoms with Gasteiger partial charge in [0, 0.05) is 36.1 Å². The molecule has 1 unspecified atom stereocenters. The van der Waals surface area contributed by atoms with Crippen LogP contribution in [-0.2, 0) is 10.0 Å². The molecule has 1 aromatic rings. The van der Waals surface area contributed by atoms with Crippen LogP contribution < -0.4 is 0 Å². The van der Waals surface area contributed by atoms with Crippen molar-refractivity contribution in [2.24, 2.45) is 0 Å². The highest BCUT2D eigenvalue weighted by molar-refractivity contribution is 8.00. The minimum absolute atomic E-state index is 0.0250. The molecule has 0 aromatic heterocycles. The van der Waals surface area contributed by atoms with Gasteiger partial charge < -0.3 is 5.11 Å². The van der Waals surface area contributed by atoms with Crippen molar-refractivity contribution in [2.75, 3.05) is 25.4 Å². The molecule has 21 heavy (non-hydrogen) atoms. The predicted octanol–water partition coefficient (Wildman–Crippen LogP) is 1.55. The molecule has 1 atom stereocenters. The number of hydrogen-bond donors (Lipinski definition) is 1. The van der Waals surface area contributed by atoms with Gasteiger partial charge >= 0.3 is 0 Å². The lowest BCUT2D eigenvalue weighted by Gasteiger charge is -2.30. The molecule has 1 aliphatic heterocycles. The minimum atomic E-state index is -3.51. The number of hydrogen-bond acceptors (Lipinski definition) is 4. The molecule has 0 aliphatic carbocycles. The van der Waals surface area contributed by atoms with E-state index in [1.54, 1.807) is 40.3 Å². The molecule has 1 N–H and O–H groups in total. The summed E-state index contributed by atoms with van der Waals surface area (Å²) in [6.45, 7) is 3.09. The monoisotopic (exact) mass is 325 g/mol. The van der Waals surface area contributed by atoms with Crippen LogP contribution in [0.3, 0.4) is 0 Å². The van der Waals surface area contributed by atoms with E-state index in [0.717, 1.165) is 5.75 Å². The van der Waals surface area contributed by atoms with Gasteiger partial charge in [-0.15, -0.1) is 0 Å². The Morgan fingerprint density at radius 2 is 2.19 bits per heavy atom. The Bertz CT molecular complexity index is 646. The molecule has 2 rings (SSSR count). The second kappa shape index (κ2) is 7.32. The van der Waals surface area contributed by atoms with Crippen LogP contribution in [0.25, 0.3) is 0 Å². The lowest BCUT2D eigenvalue weighted by atomic mass is 10.2. The Hall–Kier alpha value is -1.00. The zero-order valence-electron chi connectivity index (χ0n) is 11.9. The van der Waals surface area contributed by atoms with Gasteiger partial charge in [-0.25, -0.2) is 8.42 Å². The molecule has 1 saturated heterocycles. The summed E-state index contributed by atoms with van der Waals surface area (Å²) in [7, 11) is -3.51. The molecular formula is C15H19NO3S2. The number of aliphatic hydroxyl groups excluding tert-OH is 1. The number of thioether (sulfide) groups is 1. The van der Waals surface area contributed by atoms with Gasteiger partial charge in [-0.3, -0.25) is 0 Å². The van der Waals surface area contributed by atoms with Crippen molar-refractivity contribution < 1.29 is 13.5 Å². The standard InChI is InChI=1S/C15H19NO3S2/c1-13-12-16(9-11-20-13)21(18,19)15-8-3-2-6-14(15)7-4-5-10-17/h2-3,6,8,13,17H,5,9-12H2,1H3. The van der Waals surface area contributed by atoms with Gasteiger partial charge in [0.25, 0.3) is 0 Å². The van der Waals surface area contributed by atoms with Crippen LogP contribution in [0.15, 0.2) is 29.2 Å². The summed E-state index contributed by atoms with van der Waals surface area (Å²) in [6, 6.07) is 6.80. The number of sulfonamides is 1. The smallest absolute Gasteiger partial charge is 0.244 e. The van der Waals surface area contributed by atoms with Gasteiger partial charge in [-0.1, -0.05) is 30.9 Å². The van der Waals surface area contributed by atoms with E-state index in [1.807, 2.05) is 6.92 Å². The molecule has 1 aliphatic rings. The maximum Gasteiger partial charge on any atom is 0.244 e. The Kier molecular flexibility index (Phi) is 5.71. The highest BCUT2D eigenvalue weighted by atomic mass is 32.2. The van der Waals surface area contributed by atoms with Gasteiger partial charge in [-0.05, 0) is 12.1 Å². The van der Waals surface area contributed by atoms with Gasteiger partial charge in [0.1, 0.15) is 0 Å². The third kappa shape index (κ3) is 4.01. The number of nitrogens with zero attached hydrogens (tertiary/aromatic N) is 1. The summed E-state index contributed by atoms with van der Waals surface area (Å²) in [4.78, 5) is 0.259. The van der Waals surface area contributed by atoms with Crippen molar-refractivity contribution in [3.05, 3.63) is 29.8 Å². The molecule has 0 spiro atoms. The molecule has 1 aromatic carbocycles. The SMILES string of the molecule is CC1CN(S(=O)(=O)c2ccccc2C#CCCO)CCS1. The molecule has 0 saturated carbocycles. The van der Waals surface area contributed by atoms with Gasteiger partial charge in [0.15, 0.2) is 0 Å². The normalized spacial score (nSPS) is 19.8. The Labute approximate surface area is 130 Å². The number of benzene rings is 1. The summed E-state index contributed by atoms with van der Waals surface area (Å²) in [5.41, 5.74) is 0.497. The first-order chi connectivity index (χ1) is 10.1. The summed E-state index contributed by atoms with van der Waals surface area (Å²) < 4.78 is 27.1. The van der Waals surface area contributed by atoms with E-state index < -0.39 is 10.0 Å². The minimum Gasteiger partial charge on any atom is -0.395 e. The van der Waals surface area contributed by atoms with Crippen LogP contribution in [0.4, 0.5) is 0 Å². The second-order valence-electron chi connectivity index (χ2n) is 4.82. The van der Waals surface area contributed by atoms with Gasteiger partial charge in [0.05, 0.1) is 11.5 Å². The first-order valence-corrected chi connectivity index (χ1v) is 9.35. The molecular weight excluding hydrogens is 306 g/mol. The van der Waals surface area contributed by atoms with Crippen LogP contribution in [0, 0.1) is 11.8 Å². The molecule has 114 valence electrons. The topological polar surface area (TPSA) is 57.6 Å². The lowest BCUT2D eigenvalue weighted by molar-refractivity contribution is 0.305. The largest absolute Gasteiger partial charge is 0.395 e. The van der Waals surface area contributed by atoms with Crippen molar-refractivity contribution in [2.45, 2.75) is 23.5 Å². The van der Waals surface area contributed by atoms with Crippen LogP contribution >= 0.6 is 11.8 Å². The summed E-state index contributed by atoms with van der Waals surface area (Å²) >= 11 is 1.79. The van der Waals surface area contributed by atoms with E-state index in [2.05, 4.69) is 11.8 Å². The molecule has 1 fully saturated rings. The molecule has 1 heterocycles. The molecule has 0 bridgehead atoms. The fourth-order valence-corrected chi connectivity index (χ4v) is 5.05. The van der Waals surface area contributed by atoms with Crippen LogP contribution in [0.1, 0.15) is 18.9 Å². The summed E-state index contributed by atoms with van der Waals surface area (Å²) in [6.07, 6.45) is 0.339. The zero-order chi connectivity index (χ0) is 15.3. The maximum atomic E-state index is 12.8. The van der Waals surface area contributed by atoms with E-state index in [1.165, 1.54) is 0 Å². The Balaban J connectivity index is 2.34. The molecule has 4 nitrogen and oxygen atoms in total. The van der Waals surface area contributed by atoms with E-state index in [-0.39, 0.29) is 11.5 Å². The van der Waals surface area contributed by atoms with Crippen molar-refractivity contribution in [3.8, 4) is 11.8 Å². The molecule has 0 amide bonds. The van der Waals surface area contributed by atoms with Crippen LogP contribution in [-0.4, -0.2) is 48.5 Å². The first-order valence-electron chi connectivity index (χ1n) is 6.86. The van der Waals surface area contributed by atoms with E-state index in [4.69, 9.17) is 5.11 Å². The van der Waals surface area contributed by atoms with Crippen molar-refractivity contribution >= 4 is 21.8 Å². The summed E-state index contributed by atoms with van der Waals surface area (Å²) in [5, 5.41) is 9.08. The van der Waals surface area contributed by atoms with E-state index in [0.29, 0.717) is 30.3 Å². The maximum absolute atomic E-state index is 12.8. The molecule has 0 radical (unpaired) electrons. The first kappa shape index (κ1) is 16.4. The van der Waals surface area contributed by atoms with Crippen molar-refractivity contribution in [1.29, 1.82) is 0 Å². The average Bonchev–Trinajstić information content (AvgIpc) is 2.48. The number of rotatable bonds is 3. The fourth-order valence-electron chi connectivity index (χ4n) is 2.15. The van der Waals surface area contributed by atoms with Gasteiger partial charge in [-0.2, -0.15) is 16.1 Å². The Morgan fingerprint density at radius 3 is 2.90 bits per heavy atom. The van der Waals surface area contributed by atoms with Crippen LogP contribution in [0.5, 0.6) is 0 Å². The van der Waals surface area contributed by atoms with Gasteiger partial charge in [0.2, 0.25) is 10.0 Å². The van der Waals surface area contributed by atoms with Crippen molar-refractivity contribution in [1.82, 2.24) is 4.31 Å². The highest BCUT2D eigenvalue weighted by Crippen LogP contribution is 2.25. The second-order valence-corrected chi connectivity index (χ2v) is 8.27. The zero-order valence-corrected chi connectivity index (χ0v) is 13.6. The average molecular weight is 325 g/mol. The quantitative estimate of drug-likeness (QED) is 0.857. The van der Waals surface area contributed by atoms with E-state index >= 15 is 0 Å². The molecule has 6 heteroatoms. The third-order valence-corrected chi connectivity index (χ3v) is 6.23. The fraction of sp³-hybridized carbons (Fsp3) is 0.467. The third-order valence-electron chi connectivity index (χ3n) is 3.17. The van der Waals surface area contributed by atoms with E-state index in [9.17, 15) is 8.42 Å². The highest BCUT2D eigenvalue weighted by Gasteiger charge is 2.30. The summed E-state index contributed by atoms with van der Waals surface area (Å²) in [5.74, 6) is 6.46. The predicted molar refractivity (Wildman–Crippen MR) is 85.7 cm³/mol.